The number of likely N-dealkylation sites (N-methyl/N-ethyl adjacent to an activating group) is 1. The predicted octanol–water partition coefficient (Wildman–Crippen LogP) is 2.42. The summed E-state index contributed by atoms with van der Waals surface area (Å²) in [6, 6.07) is 8.17. The highest BCUT2D eigenvalue weighted by atomic mass is 16.6. The van der Waals surface area contributed by atoms with Gasteiger partial charge in [0.2, 0.25) is 5.91 Å². The van der Waals surface area contributed by atoms with Crippen molar-refractivity contribution in [1.82, 2.24) is 14.9 Å². The maximum absolute atomic E-state index is 11.7. The van der Waals surface area contributed by atoms with Gasteiger partial charge in [0.25, 0.3) is 5.69 Å². The third kappa shape index (κ3) is 3.96. The van der Waals surface area contributed by atoms with Crippen molar-refractivity contribution in [3.05, 3.63) is 46.1 Å². The Morgan fingerprint density at radius 2 is 2.12 bits per heavy atom. The molecular formula is C18H21N5O3. The number of nitrogens with zero attached hydrogens (tertiary/aromatic N) is 5. The lowest BCUT2D eigenvalue weighted by Crippen LogP contribution is -2.34. The van der Waals surface area contributed by atoms with Gasteiger partial charge in [-0.2, -0.15) is 0 Å². The molecule has 0 bridgehead atoms. The second kappa shape index (κ2) is 7.47. The number of aryl methyl sites for hydroxylation is 1. The number of amides is 1. The van der Waals surface area contributed by atoms with E-state index in [2.05, 4.69) is 9.97 Å². The smallest absolute Gasteiger partial charge is 0.270 e. The van der Waals surface area contributed by atoms with Crippen LogP contribution in [0, 0.1) is 17.0 Å². The third-order valence-electron chi connectivity index (χ3n) is 4.42. The highest BCUT2D eigenvalue weighted by Crippen LogP contribution is 2.23. The molecule has 0 spiro atoms. The zero-order valence-electron chi connectivity index (χ0n) is 14.9. The van der Waals surface area contributed by atoms with Gasteiger partial charge in [-0.05, 0) is 13.3 Å². The lowest BCUT2D eigenvalue weighted by atomic mass is 10.2. The van der Waals surface area contributed by atoms with Crippen molar-refractivity contribution in [2.75, 3.05) is 31.6 Å². The summed E-state index contributed by atoms with van der Waals surface area (Å²) in [6.07, 6.45) is 1.55. The zero-order valence-corrected chi connectivity index (χ0v) is 14.9. The van der Waals surface area contributed by atoms with Gasteiger partial charge in [0.05, 0.1) is 4.92 Å². The summed E-state index contributed by atoms with van der Waals surface area (Å²) < 4.78 is 0. The Bertz CT molecular complexity index is 839. The van der Waals surface area contributed by atoms with E-state index in [1.54, 1.807) is 12.1 Å². The van der Waals surface area contributed by atoms with Crippen LogP contribution in [0.1, 0.15) is 18.5 Å². The molecule has 136 valence electrons. The monoisotopic (exact) mass is 355 g/mol. The number of carbonyl (C=O) groups is 1. The fraction of sp³-hybridized carbons (Fsp3) is 0.389. The largest absolute Gasteiger partial charge is 0.358 e. The van der Waals surface area contributed by atoms with Crippen LogP contribution in [0.3, 0.4) is 0 Å². The average Bonchev–Trinajstić information content (AvgIpc) is 3.04. The summed E-state index contributed by atoms with van der Waals surface area (Å²) >= 11 is 0. The first kappa shape index (κ1) is 17.8. The van der Waals surface area contributed by atoms with Crippen LogP contribution in [0.25, 0.3) is 11.4 Å². The van der Waals surface area contributed by atoms with E-state index >= 15 is 0 Å². The van der Waals surface area contributed by atoms with Crippen LogP contribution in [-0.4, -0.2) is 52.4 Å². The second-order valence-electron chi connectivity index (χ2n) is 6.40. The number of likely N-dealkylation sites (tertiary alicyclic amines) is 1. The Labute approximate surface area is 151 Å². The van der Waals surface area contributed by atoms with Crippen molar-refractivity contribution in [2.45, 2.75) is 19.8 Å². The number of hydrogen-bond donors (Lipinski definition) is 0. The van der Waals surface area contributed by atoms with Crippen molar-refractivity contribution in [2.24, 2.45) is 0 Å². The van der Waals surface area contributed by atoms with E-state index in [0.717, 1.165) is 24.5 Å². The number of aromatic nitrogens is 2. The van der Waals surface area contributed by atoms with Crippen LogP contribution in [0.2, 0.25) is 0 Å². The molecule has 1 aromatic carbocycles. The van der Waals surface area contributed by atoms with Crippen molar-refractivity contribution < 1.29 is 9.72 Å². The van der Waals surface area contributed by atoms with Gasteiger partial charge in [-0.15, -0.1) is 0 Å². The predicted molar refractivity (Wildman–Crippen MR) is 97.9 cm³/mol. The normalized spacial score (nSPS) is 13.9. The molecule has 1 aliphatic heterocycles. The molecule has 0 N–H and O–H groups in total. The van der Waals surface area contributed by atoms with Crippen LogP contribution in [0.15, 0.2) is 30.3 Å². The van der Waals surface area contributed by atoms with Gasteiger partial charge in [-0.1, -0.05) is 12.1 Å². The van der Waals surface area contributed by atoms with E-state index in [1.165, 1.54) is 12.1 Å². The SMILES string of the molecule is Cc1cc(N(C)CCN2CCCC2=O)nc(-c2cccc([N+](=O)[O-])c2)n1. The molecule has 0 aliphatic carbocycles. The topological polar surface area (TPSA) is 92.5 Å². The molecule has 1 aliphatic rings. The van der Waals surface area contributed by atoms with E-state index < -0.39 is 4.92 Å². The summed E-state index contributed by atoms with van der Waals surface area (Å²) in [5, 5.41) is 11.0. The van der Waals surface area contributed by atoms with Crippen LogP contribution in [0.4, 0.5) is 11.5 Å². The Hall–Kier alpha value is -3.03. The van der Waals surface area contributed by atoms with Crippen LogP contribution >= 0.6 is 0 Å². The molecule has 2 aromatic rings. The summed E-state index contributed by atoms with van der Waals surface area (Å²) in [5.74, 6) is 1.38. The first-order chi connectivity index (χ1) is 12.4. The van der Waals surface area contributed by atoms with Crippen molar-refractivity contribution in [3.63, 3.8) is 0 Å². The van der Waals surface area contributed by atoms with E-state index in [9.17, 15) is 14.9 Å². The fourth-order valence-corrected chi connectivity index (χ4v) is 2.96. The van der Waals surface area contributed by atoms with Crippen molar-refractivity contribution in [1.29, 1.82) is 0 Å². The van der Waals surface area contributed by atoms with Crippen LogP contribution < -0.4 is 4.90 Å². The lowest BCUT2D eigenvalue weighted by molar-refractivity contribution is -0.384. The highest BCUT2D eigenvalue weighted by Gasteiger charge is 2.20. The maximum atomic E-state index is 11.7. The summed E-state index contributed by atoms with van der Waals surface area (Å²) in [5.41, 5.74) is 1.39. The number of rotatable bonds is 6. The molecule has 0 atom stereocenters. The van der Waals surface area contributed by atoms with E-state index in [-0.39, 0.29) is 11.6 Å². The number of hydrogen-bond acceptors (Lipinski definition) is 6. The minimum Gasteiger partial charge on any atom is -0.358 e. The van der Waals surface area contributed by atoms with E-state index in [0.29, 0.717) is 30.9 Å². The standard InChI is InChI=1S/C18H21N5O3/c1-13-11-16(21(2)9-10-22-8-4-7-17(22)24)20-18(19-13)14-5-3-6-15(12-14)23(25)26/h3,5-6,11-12H,4,7-10H2,1-2H3. The molecular weight excluding hydrogens is 334 g/mol. The Morgan fingerprint density at radius 1 is 1.31 bits per heavy atom. The summed E-state index contributed by atoms with van der Waals surface area (Å²) in [7, 11) is 1.92. The molecule has 1 fully saturated rings. The molecule has 3 rings (SSSR count). The first-order valence-electron chi connectivity index (χ1n) is 8.53. The number of non-ortho nitro benzene ring substituents is 1. The van der Waals surface area contributed by atoms with Gasteiger partial charge in [-0.3, -0.25) is 14.9 Å². The molecule has 8 nitrogen and oxygen atoms in total. The average molecular weight is 355 g/mol. The Balaban J connectivity index is 1.79. The Morgan fingerprint density at radius 3 is 2.81 bits per heavy atom. The summed E-state index contributed by atoms with van der Waals surface area (Å²) in [4.78, 5) is 35.1. The lowest BCUT2D eigenvalue weighted by Gasteiger charge is -2.23. The molecule has 1 aromatic heterocycles. The van der Waals surface area contributed by atoms with Gasteiger partial charge < -0.3 is 9.80 Å². The number of benzene rings is 1. The third-order valence-corrected chi connectivity index (χ3v) is 4.42. The maximum Gasteiger partial charge on any atom is 0.270 e. The highest BCUT2D eigenvalue weighted by molar-refractivity contribution is 5.78. The zero-order chi connectivity index (χ0) is 18.7. The minimum absolute atomic E-state index is 0.00931. The van der Waals surface area contributed by atoms with Crippen LogP contribution in [-0.2, 0) is 4.79 Å². The fourth-order valence-electron chi connectivity index (χ4n) is 2.96. The van der Waals surface area contributed by atoms with Crippen molar-refractivity contribution >= 4 is 17.4 Å². The van der Waals surface area contributed by atoms with Gasteiger partial charge in [-0.25, -0.2) is 9.97 Å². The minimum atomic E-state index is -0.431. The molecule has 1 saturated heterocycles. The van der Waals surface area contributed by atoms with E-state index in [4.69, 9.17) is 0 Å². The quantitative estimate of drug-likeness (QED) is 0.584. The molecule has 0 unspecified atom stereocenters. The van der Waals surface area contributed by atoms with Gasteiger partial charge in [0.1, 0.15) is 5.82 Å². The first-order valence-corrected chi connectivity index (χ1v) is 8.53. The number of carbonyl (C=O) groups excluding carboxylic acids is 1. The molecule has 26 heavy (non-hydrogen) atoms. The summed E-state index contributed by atoms with van der Waals surface area (Å²) in [6.45, 7) is 4.00. The molecule has 2 heterocycles. The molecule has 0 radical (unpaired) electrons. The number of nitro benzene ring substituents is 1. The molecule has 1 amide bonds. The number of anilines is 1. The van der Waals surface area contributed by atoms with Crippen molar-refractivity contribution in [3.8, 4) is 11.4 Å². The van der Waals surface area contributed by atoms with E-state index in [1.807, 2.05) is 29.8 Å². The number of nitro groups is 1. The molecule has 8 heteroatoms. The second-order valence-corrected chi connectivity index (χ2v) is 6.40. The van der Waals surface area contributed by atoms with Gasteiger partial charge in [0.15, 0.2) is 5.82 Å². The van der Waals surface area contributed by atoms with Gasteiger partial charge in [0, 0.05) is 62.6 Å². The van der Waals surface area contributed by atoms with Crippen LogP contribution in [0.5, 0.6) is 0 Å². The van der Waals surface area contributed by atoms with Gasteiger partial charge >= 0.3 is 0 Å². The Kier molecular flexibility index (Phi) is 5.11. The molecule has 0 saturated carbocycles.